The zero-order valence-corrected chi connectivity index (χ0v) is 13.5. The number of rotatable bonds is 6. The predicted octanol–water partition coefficient (Wildman–Crippen LogP) is 1.66. The van der Waals surface area contributed by atoms with E-state index in [0.717, 1.165) is 24.1 Å². The maximum absolute atomic E-state index is 12.3. The van der Waals surface area contributed by atoms with Gasteiger partial charge in [0.1, 0.15) is 11.4 Å². The molecule has 3 rings (SSSR count). The number of amides is 1. The van der Waals surface area contributed by atoms with Crippen molar-refractivity contribution < 1.29 is 9.53 Å². The quantitative estimate of drug-likeness (QED) is 0.849. The van der Waals surface area contributed by atoms with Gasteiger partial charge in [-0.05, 0) is 49.4 Å². The SMILES string of the molecule is COc1ccc(C)cc1-n1ccc(C(=O)NC(CN)C2CC2)n1. The van der Waals surface area contributed by atoms with Crippen LogP contribution in [-0.2, 0) is 0 Å². The van der Waals surface area contributed by atoms with Crippen molar-refractivity contribution in [3.05, 3.63) is 41.7 Å². The van der Waals surface area contributed by atoms with Gasteiger partial charge in [0, 0.05) is 18.8 Å². The summed E-state index contributed by atoms with van der Waals surface area (Å²) in [6.45, 7) is 2.46. The molecule has 1 unspecified atom stereocenters. The summed E-state index contributed by atoms with van der Waals surface area (Å²) in [5.74, 6) is 1.05. The summed E-state index contributed by atoms with van der Waals surface area (Å²) in [5.41, 5.74) is 8.02. The van der Waals surface area contributed by atoms with Crippen LogP contribution in [0.3, 0.4) is 0 Å². The maximum Gasteiger partial charge on any atom is 0.272 e. The molecule has 0 bridgehead atoms. The lowest BCUT2D eigenvalue weighted by atomic mass is 10.2. The van der Waals surface area contributed by atoms with Gasteiger partial charge in [0.2, 0.25) is 0 Å². The number of carbonyl (C=O) groups excluding carboxylic acids is 1. The second kappa shape index (κ2) is 6.42. The lowest BCUT2D eigenvalue weighted by Gasteiger charge is -2.14. The standard InChI is InChI=1S/C17H22N4O2/c1-11-3-6-16(23-2)15(9-11)21-8-7-13(20-21)17(22)19-14(10-18)12-4-5-12/h3,6-9,12,14H,4-5,10,18H2,1-2H3,(H,19,22). The van der Waals surface area contributed by atoms with Crippen molar-refractivity contribution in [1.82, 2.24) is 15.1 Å². The average Bonchev–Trinajstić information content (AvgIpc) is 3.28. The molecule has 0 saturated heterocycles. The monoisotopic (exact) mass is 314 g/mol. The van der Waals surface area contributed by atoms with Crippen molar-refractivity contribution >= 4 is 5.91 Å². The van der Waals surface area contributed by atoms with Crippen LogP contribution in [0.15, 0.2) is 30.5 Å². The number of benzene rings is 1. The lowest BCUT2D eigenvalue weighted by Crippen LogP contribution is -2.41. The molecule has 23 heavy (non-hydrogen) atoms. The van der Waals surface area contributed by atoms with Crippen LogP contribution in [-0.4, -0.2) is 35.4 Å². The minimum atomic E-state index is -0.183. The summed E-state index contributed by atoms with van der Waals surface area (Å²) < 4.78 is 7.03. The van der Waals surface area contributed by atoms with Crippen molar-refractivity contribution in [1.29, 1.82) is 0 Å². The Morgan fingerprint density at radius 2 is 2.26 bits per heavy atom. The number of nitrogens with one attached hydrogen (secondary N) is 1. The Bertz CT molecular complexity index is 706. The Balaban J connectivity index is 1.80. The summed E-state index contributed by atoms with van der Waals surface area (Å²) in [5, 5.41) is 7.36. The third-order valence-electron chi connectivity index (χ3n) is 4.16. The zero-order chi connectivity index (χ0) is 16.4. The Morgan fingerprint density at radius 3 is 2.91 bits per heavy atom. The van der Waals surface area contributed by atoms with E-state index < -0.39 is 0 Å². The fraction of sp³-hybridized carbons (Fsp3) is 0.412. The molecule has 1 aliphatic rings. The molecule has 6 nitrogen and oxygen atoms in total. The summed E-state index contributed by atoms with van der Waals surface area (Å²) in [7, 11) is 1.62. The molecule has 1 fully saturated rings. The number of nitrogens with zero attached hydrogens (tertiary/aromatic N) is 2. The normalized spacial score (nSPS) is 15.3. The number of ether oxygens (including phenoxy) is 1. The van der Waals surface area contributed by atoms with Gasteiger partial charge in [-0.1, -0.05) is 6.07 Å². The summed E-state index contributed by atoms with van der Waals surface area (Å²) in [6.07, 6.45) is 4.04. The molecule has 1 aliphatic carbocycles. The van der Waals surface area contributed by atoms with Gasteiger partial charge < -0.3 is 15.8 Å². The van der Waals surface area contributed by atoms with E-state index in [-0.39, 0.29) is 11.9 Å². The molecule has 0 radical (unpaired) electrons. The van der Waals surface area contributed by atoms with Crippen molar-refractivity contribution in [3.63, 3.8) is 0 Å². The highest BCUT2D eigenvalue weighted by atomic mass is 16.5. The molecule has 3 N–H and O–H groups in total. The van der Waals surface area contributed by atoms with Crippen LogP contribution in [0.25, 0.3) is 5.69 Å². The van der Waals surface area contributed by atoms with Gasteiger partial charge in [-0.3, -0.25) is 4.79 Å². The van der Waals surface area contributed by atoms with Gasteiger partial charge in [-0.25, -0.2) is 4.68 Å². The Hall–Kier alpha value is -2.34. The fourth-order valence-electron chi connectivity index (χ4n) is 2.67. The number of aryl methyl sites for hydroxylation is 1. The van der Waals surface area contributed by atoms with Crippen LogP contribution < -0.4 is 15.8 Å². The van der Waals surface area contributed by atoms with Gasteiger partial charge in [0.25, 0.3) is 5.91 Å². The van der Waals surface area contributed by atoms with Gasteiger partial charge in [0.05, 0.1) is 7.11 Å². The van der Waals surface area contributed by atoms with Crippen molar-refractivity contribution in [3.8, 4) is 11.4 Å². The zero-order valence-electron chi connectivity index (χ0n) is 13.5. The molecule has 1 amide bonds. The van der Waals surface area contributed by atoms with E-state index in [2.05, 4.69) is 10.4 Å². The topological polar surface area (TPSA) is 82.2 Å². The first kappa shape index (κ1) is 15.6. The lowest BCUT2D eigenvalue weighted by molar-refractivity contribution is 0.0928. The Morgan fingerprint density at radius 1 is 1.48 bits per heavy atom. The number of aromatic nitrogens is 2. The van der Waals surface area contributed by atoms with E-state index in [1.165, 1.54) is 0 Å². The predicted molar refractivity (Wildman–Crippen MR) is 87.9 cm³/mol. The van der Waals surface area contributed by atoms with Crippen LogP contribution in [0.2, 0.25) is 0 Å². The molecule has 1 saturated carbocycles. The largest absolute Gasteiger partial charge is 0.494 e. The Labute approximate surface area is 135 Å². The third-order valence-corrected chi connectivity index (χ3v) is 4.16. The smallest absolute Gasteiger partial charge is 0.272 e. The summed E-state index contributed by atoms with van der Waals surface area (Å²) in [6, 6.07) is 7.59. The van der Waals surface area contributed by atoms with Crippen molar-refractivity contribution in [2.45, 2.75) is 25.8 Å². The van der Waals surface area contributed by atoms with Crippen LogP contribution >= 0.6 is 0 Å². The highest BCUT2D eigenvalue weighted by Crippen LogP contribution is 2.32. The van der Waals surface area contributed by atoms with Crippen LogP contribution in [0.5, 0.6) is 5.75 Å². The molecule has 6 heteroatoms. The van der Waals surface area contributed by atoms with Crippen LogP contribution in [0.1, 0.15) is 28.9 Å². The highest BCUT2D eigenvalue weighted by Gasteiger charge is 2.31. The third kappa shape index (κ3) is 3.37. The van der Waals surface area contributed by atoms with Gasteiger partial charge >= 0.3 is 0 Å². The summed E-state index contributed by atoms with van der Waals surface area (Å²) >= 11 is 0. The number of carbonyl (C=O) groups is 1. The molecule has 2 aromatic rings. The van der Waals surface area contributed by atoms with E-state index in [9.17, 15) is 4.79 Å². The first-order valence-electron chi connectivity index (χ1n) is 7.84. The van der Waals surface area contributed by atoms with E-state index in [4.69, 9.17) is 10.5 Å². The van der Waals surface area contributed by atoms with E-state index in [1.807, 2.05) is 25.1 Å². The first-order valence-corrected chi connectivity index (χ1v) is 7.84. The molecule has 1 aromatic carbocycles. The van der Waals surface area contributed by atoms with E-state index in [1.54, 1.807) is 24.1 Å². The molecular weight excluding hydrogens is 292 g/mol. The second-order valence-corrected chi connectivity index (χ2v) is 5.97. The van der Waals surface area contributed by atoms with Gasteiger partial charge in [0.15, 0.2) is 5.69 Å². The maximum atomic E-state index is 12.3. The first-order chi connectivity index (χ1) is 11.1. The number of hydrogen-bond donors (Lipinski definition) is 2. The second-order valence-electron chi connectivity index (χ2n) is 5.97. The molecule has 0 aliphatic heterocycles. The number of nitrogens with two attached hydrogens (primary N) is 1. The van der Waals surface area contributed by atoms with Crippen LogP contribution in [0.4, 0.5) is 0 Å². The minimum Gasteiger partial charge on any atom is -0.494 e. The van der Waals surface area contributed by atoms with E-state index in [0.29, 0.717) is 23.9 Å². The van der Waals surface area contributed by atoms with E-state index >= 15 is 0 Å². The fourth-order valence-corrected chi connectivity index (χ4v) is 2.67. The minimum absolute atomic E-state index is 0.0427. The Kier molecular flexibility index (Phi) is 4.34. The number of methoxy groups -OCH3 is 1. The van der Waals surface area contributed by atoms with Gasteiger partial charge in [-0.15, -0.1) is 0 Å². The summed E-state index contributed by atoms with van der Waals surface area (Å²) in [4.78, 5) is 12.3. The molecule has 122 valence electrons. The molecule has 0 spiro atoms. The molecule has 1 atom stereocenters. The van der Waals surface area contributed by atoms with Gasteiger partial charge in [-0.2, -0.15) is 5.10 Å². The molecule has 1 heterocycles. The number of hydrogen-bond acceptors (Lipinski definition) is 4. The highest BCUT2D eigenvalue weighted by molar-refractivity contribution is 5.92. The van der Waals surface area contributed by atoms with Crippen LogP contribution in [0, 0.1) is 12.8 Å². The molecular formula is C17H22N4O2. The molecule has 1 aromatic heterocycles. The van der Waals surface area contributed by atoms with Crippen molar-refractivity contribution in [2.24, 2.45) is 11.7 Å². The van der Waals surface area contributed by atoms with Crippen molar-refractivity contribution in [2.75, 3.05) is 13.7 Å². The average molecular weight is 314 g/mol.